The largest absolute Gasteiger partial charge is 0.455 e. The third kappa shape index (κ3) is 4.49. The minimum atomic E-state index is 0.668. The molecule has 0 N–H and O–H groups in total. The number of para-hydroxylation sites is 3. The molecule has 0 spiro atoms. The molecule has 0 aliphatic rings. The summed E-state index contributed by atoms with van der Waals surface area (Å²) in [5.74, 6) is 0.668. The van der Waals surface area contributed by atoms with Crippen LogP contribution < -0.4 is 0 Å². The molecule has 0 atom stereocenters. The topological polar surface area (TPSA) is 51.8 Å². The maximum atomic E-state index is 6.58. The minimum Gasteiger partial charge on any atom is -0.455 e. The van der Waals surface area contributed by atoms with Crippen molar-refractivity contribution < 1.29 is 4.42 Å². The molecule has 0 unspecified atom stereocenters. The third-order valence-corrected chi connectivity index (χ3v) is 9.47. The first kappa shape index (κ1) is 27.5. The number of benzene rings is 7. The summed E-state index contributed by atoms with van der Waals surface area (Å²) >= 11 is 0. The quantitative estimate of drug-likeness (QED) is 0.183. The van der Waals surface area contributed by atoms with E-state index in [2.05, 4.69) is 127 Å². The second-order valence-electron chi connectivity index (χ2n) is 12.4. The second-order valence-corrected chi connectivity index (χ2v) is 12.4. The Morgan fingerprint density at radius 2 is 0.959 bits per heavy atom. The van der Waals surface area contributed by atoms with Crippen molar-refractivity contribution in [1.29, 1.82) is 0 Å². The van der Waals surface area contributed by atoms with Crippen molar-refractivity contribution in [3.05, 3.63) is 164 Å². The van der Waals surface area contributed by atoms with E-state index in [0.717, 1.165) is 82.6 Å². The SMILES string of the molecule is c1ccc(-c2ccc(-c3nc(-c4cccc(-c5nc6ccccc6c6ccc7c8ccccc8oc7c56)c4)nc4ccccc34)cc2)cc1. The van der Waals surface area contributed by atoms with Gasteiger partial charge in [-0.2, -0.15) is 0 Å². The molecule has 4 heteroatoms. The standard InChI is InChI=1S/C45H27N3O/c1-2-11-28(12-3-1)29-21-23-30(24-22-29)42-37-17-5-8-19-39(37)47-45(48-42)32-14-10-13-31(27-32)43-41-35(33-15-4-7-18-38(33)46-43)25-26-36-34-16-6-9-20-40(34)49-44(36)41/h1-27H. The Balaban J connectivity index is 1.17. The summed E-state index contributed by atoms with van der Waals surface area (Å²) in [4.78, 5) is 15.6. The highest BCUT2D eigenvalue weighted by atomic mass is 16.3. The van der Waals surface area contributed by atoms with Crippen LogP contribution in [0.15, 0.2) is 168 Å². The van der Waals surface area contributed by atoms with Crippen molar-refractivity contribution in [1.82, 2.24) is 15.0 Å². The van der Waals surface area contributed by atoms with Gasteiger partial charge in [0, 0.05) is 38.2 Å². The number of fused-ring (bicyclic) bond motifs is 8. The molecule has 49 heavy (non-hydrogen) atoms. The molecular formula is C45H27N3O. The molecule has 228 valence electrons. The van der Waals surface area contributed by atoms with Crippen molar-refractivity contribution in [3.63, 3.8) is 0 Å². The Kier molecular flexibility index (Phi) is 6.15. The smallest absolute Gasteiger partial charge is 0.160 e. The van der Waals surface area contributed by atoms with Crippen molar-refractivity contribution >= 4 is 54.5 Å². The first-order valence-electron chi connectivity index (χ1n) is 16.4. The lowest BCUT2D eigenvalue weighted by atomic mass is 9.96. The van der Waals surface area contributed by atoms with Gasteiger partial charge in [0.05, 0.1) is 27.8 Å². The van der Waals surface area contributed by atoms with Gasteiger partial charge in [-0.1, -0.05) is 133 Å². The Labute approximate surface area is 282 Å². The first-order valence-corrected chi connectivity index (χ1v) is 16.4. The fraction of sp³-hybridized carbons (Fsp3) is 0. The molecule has 10 rings (SSSR count). The van der Waals surface area contributed by atoms with Crippen LogP contribution in [-0.4, -0.2) is 15.0 Å². The van der Waals surface area contributed by atoms with E-state index >= 15 is 0 Å². The number of furan rings is 1. The molecule has 10 aromatic rings. The molecule has 3 heterocycles. The highest BCUT2D eigenvalue weighted by Crippen LogP contribution is 2.41. The Hall–Kier alpha value is -6.65. The lowest BCUT2D eigenvalue weighted by Crippen LogP contribution is -1.96. The molecule has 0 saturated carbocycles. The van der Waals surface area contributed by atoms with Crippen LogP contribution in [0.4, 0.5) is 0 Å². The van der Waals surface area contributed by atoms with Crippen LogP contribution >= 0.6 is 0 Å². The van der Waals surface area contributed by atoms with Gasteiger partial charge in [-0.25, -0.2) is 15.0 Å². The van der Waals surface area contributed by atoms with E-state index in [-0.39, 0.29) is 0 Å². The number of nitrogens with zero attached hydrogens (tertiary/aromatic N) is 3. The van der Waals surface area contributed by atoms with E-state index in [4.69, 9.17) is 19.4 Å². The Morgan fingerprint density at radius 1 is 0.347 bits per heavy atom. The molecular weight excluding hydrogens is 599 g/mol. The number of hydrogen-bond donors (Lipinski definition) is 0. The normalized spacial score (nSPS) is 11.7. The van der Waals surface area contributed by atoms with Gasteiger partial charge >= 0.3 is 0 Å². The van der Waals surface area contributed by atoms with Gasteiger partial charge in [0.25, 0.3) is 0 Å². The predicted octanol–water partition coefficient (Wildman–Crippen LogP) is 11.9. The highest BCUT2D eigenvalue weighted by Gasteiger charge is 2.19. The van der Waals surface area contributed by atoms with E-state index in [1.54, 1.807) is 0 Å². The molecule has 4 nitrogen and oxygen atoms in total. The van der Waals surface area contributed by atoms with Crippen LogP contribution in [0.5, 0.6) is 0 Å². The zero-order chi connectivity index (χ0) is 32.3. The van der Waals surface area contributed by atoms with Gasteiger partial charge in [-0.15, -0.1) is 0 Å². The Bertz CT molecular complexity index is 2870. The van der Waals surface area contributed by atoms with Crippen LogP contribution in [0.1, 0.15) is 0 Å². The van der Waals surface area contributed by atoms with Crippen molar-refractivity contribution in [2.45, 2.75) is 0 Å². The predicted molar refractivity (Wildman–Crippen MR) is 201 cm³/mol. The Morgan fingerprint density at radius 3 is 1.80 bits per heavy atom. The molecule has 0 radical (unpaired) electrons. The number of rotatable bonds is 4. The van der Waals surface area contributed by atoms with Crippen molar-refractivity contribution in [2.24, 2.45) is 0 Å². The summed E-state index contributed by atoms with van der Waals surface area (Å²) in [6.45, 7) is 0. The summed E-state index contributed by atoms with van der Waals surface area (Å²) < 4.78 is 6.58. The maximum Gasteiger partial charge on any atom is 0.160 e. The van der Waals surface area contributed by atoms with E-state index in [9.17, 15) is 0 Å². The molecule has 0 fully saturated rings. The van der Waals surface area contributed by atoms with Crippen molar-refractivity contribution in [2.75, 3.05) is 0 Å². The van der Waals surface area contributed by atoms with E-state index in [0.29, 0.717) is 5.82 Å². The molecule has 7 aromatic carbocycles. The first-order chi connectivity index (χ1) is 24.3. The monoisotopic (exact) mass is 625 g/mol. The molecule has 0 aliphatic carbocycles. The van der Waals surface area contributed by atoms with E-state index in [1.165, 1.54) is 11.1 Å². The number of pyridine rings is 1. The van der Waals surface area contributed by atoms with Crippen LogP contribution in [0.3, 0.4) is 0 Å². The van der Waals surface area contributed by atoms with Crippen molar-refractivity contribution in [3.8, 4) is 45.0 Å². The van der Waals surface area contributed by atoms with Crippen LogP contribution in [0.2, 0.25) is 0 Å². The zero-order valence-corrected chi connectivity index (χ0v) is 26.3. The average Bonchev–Trinajstić information content (AvgIpc) is 3.57. The average molecular weight is 626 g/mol. The minimum absolute atomic E-state index is 0.668. The summed E-state index contributed by atoms with van der Waals surface area (Å²) in [5, 5.41) is 6.41. The fourth-order valence-corrected chi connectivity index (χ4v) is 7.12. The number of aromatic nitrogens is 3. The lowest BCUT2D eigenvalue weighted by molar-refractivity contribution is 0.672. The van der Waals surface area contributed by atoms with Gasteiger partial charge in [0.1, 0.15) is 11.2 Å². The van der Waals surface area contributed by atoms with Gasteiger partial charge in [-0.3, -0.25) is 0 Å². The number of hydrogen-bond acceptors (Lipinski definition) is 4. The van der Waals surface area contributed by atoms with Crippen LogP contribution in [0, 0.1) is 0 Å². The third-order valence-electron chi connectivity index (χ3n) is 9.47. The highest BCUT2D eigenvalue weighted by molar-refractivity contribution is 6.23. The summed E-state index contributed by atoms with van der Waals surface area (Å²) in [6, 6.07) is 56.6. The van der Waals surface area contributed by atoms with Gasteiger partial charge in [-0.05, 0) is 46.8 Å². The second kappa shape index (κ2) is 11.0. The zero-order valence-electron chi connectivity index (χ0n) is 26.3. The maximum absolute atomic E-state index is 6.58. The molecule has 0 aliphatic heterocycles. The van der Waals surface area contributed by atoms with E-state index < -0.39 is 0 Å². The van der Waals surface area contributed by atoms with Crippen LogP contribution in [-0.2, 0) is 0 Å². The lowest BCUT2D eigenvalue weighted by Gasteiger charge is -2.13. The summed E-state index contributed by atoms with van der Waals surface area (Å²) in [7, 11) is 0. The van der Waals surface area contributed by atoms with Gasteiger partial charge in [0.2, 0.25) is 0 Å². The molecule has 3 aromatic heterocycles. The summed E-state index contributed by atoms with van der Waals surface area (Å²) in [5.41, 5.74) is 10.6. The van der Waals surface area contributed by atoms with Crippen LogP contribution in [0.25, 0.3) is 99.5 Å². The molecule has 0 amide bonds. The van der Waals surface area contributed by atoms with Gasteiger partial charge < -0.3 is 4.42 Å². The molecule has 0 bridgehead atoms. The fourth-order valence-electron chi connectivity index (χ4n) is 7.12. The molecule has 0 saturated heterocycles. The van der Waals surface area contributed by atoms with E-state index in [1.807, 2.05) is 36.4 Å². The van der Waals surface area contributed by atoms with Gasteiger partial charge in [0.15, 0.2) is 5.82 Å². The summed E-state index contributed by atoms with van der Waals surface area (Å²) in [6.07, 6.45) is 0.